The van der Waals surface area contributed by atoms with E-state index in [-0.39, 0.29) is 29.9 Å². The summed E-state index contributed by atoms with van der Waals surface area (Å²) in [4.78, 5) is 69.4. The van der Waals surface area contributed by atoms with Crippen molar-refractivity contribution in [2.24, 2.45) is 0 Å². The topological polar surface area (TPSA) is 166 Å². The largest absolute Gasteiger partial charge is 0.494 e. The van der Waals surface area contributed by atoms with E-state index in [4.69, 9.17) is 30.9 Å². The Hall–Kier alpha value is -6.03. The molecule has 5 heterocycles. The van der Waals surface area contributed by atoms with E-state index in [0.29, 0.717) is 70.1 Å². The van der Waals surface area contributed by atoms with Crippen molar-refractivity contribution in [1.29, 1.82) is 0 Å². The number of esters is 1. The number of aryl methyl sites for hydroxylation is 5. The van der Waals surface area contributed by atoms with Crippen molar-refractivity contribution in [2.45, 2.75) is 126 Å². The second kappa shape index (κ2) is 22.4. The molecule has 3 aromatic carbocycles. The molecule has 1 unspecified atom stereocenters. The van der Waals surface area contributed by atoms with Gasteiger partial charge in [0, 0.05) is 78.6 Å². The number of halogens is 1. The fourth-order valence-electron chi connectivity index (χ4n) is 9.63. The molecular formula is C54H68ClN7O8. The number of anilines is 1. The predicted octanol–water partition coefficient (Wildman–Crippen LogP) is 9.01. The lowest BCUT2D eigenvalue weighted by molar-refractivity contribution is -0.136. The number of ether oxygens (including phenoxy) is 3. The zero-order valence-electron chi connectivity index (χ0n) is 42.2. The number of nitrogens with zero attached hydrogens (tertiary/aromatic N) is 5. The Bertz CT molecular complexity index is 2760. The molecule has 70 heavy (non-hydrogen) atoms. The Morgan fingerprint density at radius 3 is 2.27 bits per heavy atom. The summed E-state index contributed by atoms with van der Waals surface area (Å²) in [6, 6.07) is 14.2. The Kier molecular flexibility index (Phi) is 16.6. The number of morpholine rings is 1. The Balaban J connectivity index is 0.00000235. The molecule has 15 nitrogen and oxygen atoms in total. The maximum atomic E-state index is 14.5. The molecule has 3 aliphatic rings. The van der Waals surface area contributed by atoms with E-state index in [1.807, 2.05) is 64.4 Å². The molecule has 5 aromatic rings. The molecule has 1 atom stereocenters. The van der Waals surface area contributed by atoms with E-state index in [1.165, 1.54) is 6.42 Å². The van der Waals surface area contributed by atoms with Crippen LogP contribution in [0, 0.1) is 27.7 Å². The summed E-state index contributed by atoms with van der Waals surface area (Å²) in [5.41, 5.74) is 8.33. The van der Waals surface area contributed by atoms with Gasteiger partial charge in [-0.15, -0.1) is 0 Å². The molecule has 0 radical (unpaired) electrons. The Labute approximate surface area is 416 Å². The van der Waals surface area contributed by atoms with Crippen molar-refractivity contribution in [3.05, 3.63) is 98.5 Å². The first-order valence-electron chi connectivity index (χ1n) is 24.6. The number of aromatic nitrogens is 3. The first kappa shape index (κ1) is 51.8. The van der Waals surface area contributed by atoms with Crippen LogP contribution < -0.4 is 15.4 Å². The number of amides is 4. The highest BCUT2D eigenvalue weighted by Gasteiger charge is 2.45. The second-order valence-electron chi connectivity index (χ2n) is 19.4. The number of imide groups is 2. The lowest BCUT2D eigenvalue weighted by Gasteiger charge is -2.27. The van der Waals surface area contributed by atoms with Crippen LogP contribution >= 0.6 is 11.6 Å². The van der Waals surface area contributed by atoms with Crippen LogP contribution in [0.3, 0.4) is 0 Å². The van der Waals surface area contributed by atoms with Gasteiger partial charge in [-0.05, 0) is 115 Å². The number of carbonyl (C=O) groups is 5. The molecule has 2 aromatic heterocycles. The van der Waals surface area contributed by atoms with Crippen molar-refractivity contribution in [3.8, 4) is 16.9 Å². The van der Waals surface area contributed by atoms with E-state index >= 15 is 0 Å². The summed E-state index contributed by atoms with van der Waals surface area (Å²) >= 11 is 6.44. The number of benzene rings is 3. The fraction of sp³-hybridized carbons (Fsp3) is 0.481. The Morgan fingerprint density at radius 2 is 1.59 bits per heavy atom. The van der Waals surface area contributed by atoms with Gasteiger partial charge in [-0.3, -0.25) is 39.0 Å². The summed E-state index contributed by atoms with van der Waals surface area (Å²) in [6.07, 6.45) is 3.26. The third-order valence-corrected chi connectivity index (χ3v) is 13.3. The SMILES string of the molecule is CCC.Cc1cc(OCCCc2c(C(=O)OC(C)(C)C)n(CCN3CCOCC3)c3c(-c4c(C)nn(CCCNc5cccc6c5C(=O)N(C5CCC(=O)NC5=O)C6=O)c4C)cccc23)cc(C)c1Cl. The molecule has 374 valence electrons. The maximum Gasteiger partial charge on any atom is 0.355 e. The van der Waals surface area contributed by atoms with Gasteiger partial charge in [-0.2, -0.15) is 5.10 Å². The molecule has 2 saturated heterocycles. The van der Waals surface area contributed by atoms with Crippen molar-refractivity contribution in [1.82, 2.24) is 29.5 Å². The molecule has 0 bridgehead atoms. The number of carbonyl (C=O) groups excluding carboxylic acids is 5. The van der Waals surface area contributed by atoms with Gasteiger partial charge in [-0.25, -0.2) is 4.79 Å². The summed E-state index contributed by atoms with van der Waals surface area (Å²) in [5, 5.41) is 12.4. The van der Waals surface area contributed by atoms with E-state index in [2.05, 4.69) is 53.0 Å². The lowest BCUT2D eigenvalue weighted by atomic mass is 9.98. The van der Waals surface area contributed by atoms with E-state index in [1.54, 1.807) is 18.2 Å². The molecule has 8 rings (SSSR count). The first-order chi connectivity index (χ1) is 33.4. The highest BCUT2D eigenvalue weighted by Crippen LogP contribution is 2.39. The Morgan fingerprint density at radius 1 is 0.900 bits per heavy atom. The fourth-order valence-corrected chi connectivity index (χ4v) is 9.74. The summed E-state index contributed by atoms with van der Waals surface area (Å²) in [5.74, 6) is -1.78. The number of rotatable bonds is 16. The second-order valence-corrected chi connectivity index (χ2v) is 19.8. The summed E-state index contributed by atoms with van der Waals surface area (Å²) in [6.45, 7) is 23.6. The van der Waals surface area contributed by atoms with Gasteiger partial charge in [0.15, 0.2) is 0 Å². The van der Waals surface area contributed by atoms with Gasteiger partial charge >= 0.3 is 5.97 Å². The zero-order valence-corrected chi connectivity index (χ0v) is 42.9. The molecule has 0 aliphatic carbocycles. The minimum Gasteiger partial charge on any atom is -0.494 e. The van der Waals surface area contributed by atoms with Crippen LogP contribution in [0.5, 0.6) is 5.75 Å². The molecular weight excluding hydrogens is 910 g/mol. The number of hydrogen-bond donors (Lipinski definition) is 2. The van der Waals surface area contributed by atoms with E-state index in [9.17, 15) is 24.0 Å². The first-order valence-corrected chi connectivity index (χ1v) is 25.0. The molecule has 3 aliphatic heterocycles. The standard InChI is InChI=1S/C51H60ClN7O8.C3H8/c1-30-28-34(29-31(2)44(30)52)66-25-10-15-36-35-12-8-13-37(45(35)57(22-21-56-23-26-65-27-24-56)46(36)50(64)67-51(5,6)7)42-32(3)55-58(33(42)4)20-11-19-53-39-16-9-14-38-43(39)49(63)59(48(38)62)40-17-18-41(60)54-47(40)61;1-3-2/h8-9,12-14,16,28-29,40,53H,10-11,15,17-27H2,1-7H3,(H,54,60,61);3H2,1-2H3. The number of nitrogens with one attached hydrogen (secondary N) is 2. The maximum absolute atomic E-state index is 14.5. The molecule has 0 spiro atoms. The zero-order chi connectivity index (χ0) is 50.4. The minimum atomic E-state index is -1.04. The van der Waals surface area contributed by atoms with Gasteiger partial charge < -0.3 is 24.1 Å². The quantitative estimate of drug-likeness (QED) is 0.0551. The number of para-hydroxylation sites is 1. The molecule has 4 amide bonds. The van der Waals surface area contributed by atoms with Crippen LogP contribution in [-0.2, 0) is 38.6 Å². The van der Waals surface area contributed by atoms with E-state index < -0.39 is 35.3 Å². The highest BCUT2D eigenvalue weighted by molar-refractivity contribution is 6.32. The van der Waals surface area contributed by atoms with E-state index in [0.717, 1.165) is 85.4 Å². The van der Waals surface area contributed by atoms with Crippen molar-refractivity contribution >= 4 is 57.8 Å². The van der Waals surface area contributed by atoms with Crippen LogP contribution in [-0.4, -0.2) is 111 Å². The van der Waals surface area contributed by atoms with Gasteiger partial charge in [0.2, 0.25) is 11.8 Å². The van der Waals surface area contributed by atoms with Gasteiger partial charge in [0.05, 0.1) is 42.2 Å². The van der Waals surface area contributed by atoms with Crippen LogP contribution in [0.2, 0.25) is 5.02 Å². The number of piperidine rings is 1. The van der Waals surface area contributed by atoms with Gasteiger partial charge in [0.25, 0.3) is 11.8 Å². The summed E-state index contributed by atoms with van der Waals surface area (Å²) < 4.78 is 22.3. The van der Waals surface area contributed by atoms with Crippen molar-refractivity contribution in [2.75, 3.05) is 51.3 Å². The average Bonchev–Trinajstić information content (AvgIpc) is 3.89. The third-order valence-electron chi connectivity index (χ3n) is 12.8. The molecule has 2 fully saturated rings. The molecule has 0 saturated carbocycles. The van der Waals surface area contributed by atoms with Crippen molar-refractivity contribution in [3.63, 3.8) is 0 Å². The van der Waals surface area contributed by atoms with Crippen LogP contribution in [0.1, 0.15) is 126 Å². The normalized spacial score (nSPS) is 16.3. The highest BCUT2D eigenvalue weighted by atomic mass is 35.5. The number of fused-ring (bicyclic) bond motifs is 2. The number of hydrogen-bond acceptors (Lipinski definition) is 11. The smallest absolute Gasteiger partial charge is 0.355 e. The van der Waals surface area contributed by atoms with Gasteiger partial charge in [-0.1, -0.05) is 56.1 Å². The third kappa shape index (κ3) is 11.3. The lowest BCUT2D eigenvalue weighted by Crippen LogP contribution is -2.54. The van der Waals surface area contributed by atoms with Gasteiger partial charge in [0.1, 0.15) is 23.1 Å². The summed E-state index contributed by atoms with van der Waals surface area (Å²) in [7, 11) is 0. The monoisotopic (exact) mass is 977 g/mol. The molecule has 2 N–H and O–H groups in total. The van der Waals surface area contributed by atoms with Crippen molar-refractivity contribution < 1.29 is 38.2 Å². The van der Waals surface area contributed by atoms with Crippen LogP contribution in [0.4, 0.5) is 5.69 Å². The molecule has 16 heteroatoms. The van der Waals surface area contributed by atoms with Crippen LogP contribution in [0.25, 0.3) is 22.0 Å². The minimum absolute atomic E-state index is 0.0514. The predicted molar refractivity (Wildman–Crippen MR) is 272 cm³/mol. The van der Waals surface area contributed by atoms with Crippen LogP contribution in [0.15, 0.2) is 48.5 Å². The average molecular weight is 979 g/mol.